The van der Waals surface area contributed by atoms with Gasteiger partial charge in [-0.25, -0.2) is 18.4 Å². The van der Waals surface area contributed by atoms with E-state index in [1.54, 1.807) is 0 Å². The van der Waals surface area contributed by atoms with Crippen molar-refractivity contribution in [2.45, 2.75) is 6.92 Å². The van der Waals surface area contributed by atoms with Crippen molar-refractivity contribution in [3.05, 3.63) is 39.0 Å². The van der Waals surface area contributed by atoms with Crippen LogP contribution < -0.4 is 15.8 Å². The van der Waals surface area contributed by atoms with E-state index in [1.165, 1.54) is 25.1 Å². The van der Waals surface area contributed by atoms with E-state index in [0.717, 1.165) is 4.57 Å². The molecule has 26 heavy (non-hydrogen) atoms. The van der Waals surface area contributed by atoms with Crippen molar-refractivity contribution in [1.29, 1.82) is 0 Å². The van der Waals surface area contributed by atoms with Crippen molar-refractivity contribution in [2.75, 3.05) is 13.2 Å². The van der Waals surface area contributed by atoms with Crippen molar-refractivity contribution in [3.8, 4) is 23.1 Å². The minimum absolute atomic E-state index is 0.0131. The number of carbonyl (C=O) groups is 1. The maximum absolute atomic E-state index is 13.4. The van der Waals surface area contributed by atoms with Gasteiger partial charge in [-0.1, -0.05) is 5.16 Å². The maximum atomic E-state index is 13.4. The fraction of sp³-hybridized carbons (Fsp3) is 0.214. The first-order valence-electron chi connectivity index (χ1n) is 7.21. The number of hydrogen-bond acceptors (Lipinski definition) is 8. The smallest absolute Gasteiger partial charge is 0.446 e. The number of amides is 1. The molecule has 0 spiro atoms. The number of hydrogen-bond donors (Lipinski definition) is 1. The topological polar surface area (TPSA) is 125 Å². The highest BCUT2D eigenvalue weighted by atomic mass is 79.9. The second-order valence-corrected chi connectivity index (χ2v) is 5.81. The number of halogens is 2. The van der Waals surface area contributed by atoms with Crippen LogP contribution in [0.5, 0.6) is 5.88 Å². The van der Waals surface area contributed by atoms with Crippen LogP contribution in [0.4, 0.5) is 4.39 Å². The number of benzene rings is 1. The van der Waals surface area contributed by atoms with Gasteiger partial charge in [-0.2, -0.15) is 0 Å². The zero-order chi connectivity index (χ0) is 18.7. The monoisotopic (exact) mass is 427 g/mol. The Hall–Kier alpha value is -3.02. The number of rotatable bonds is 6. The van der Waals surface area contributed by atoms with Crippen LogP contribution in [0.25, 0.3) is 17.2 Å². The molecule has 0 saturated heterocycles. The van der Waals surface area contributed by atoms with E-state index in [2.05, 4.69) is 45.9 Å². The zero-order valence-electron chi connectivity index (χ0n) is 13.2. The van der Waals surface area contributed by atoms with Gasteiger partial charge in [-0.15, -0.1) is 0 Å². The third-order valence-electron chi connectivity index (χ3n) is 3.15. The predicted molar refractivity (Wildman–Crippen MR) is 87.2 cm³/mol. The van der Waals surface area contributed by atoms with E-state index < -0.39 is 11.6 Å². The van der Waals surface area contributed by atoms with E-state index in [1.807, 2.05) is 0 Å². The van der Waals surface area contributed by atoms with Gasteiger partial charge < -0.3 is 10.1 Å². The van der Waals surface area contributed by atoms with Gasteiger partial charge in [-0.3, -0.25) is 9.32 Å². The van der Waals surface area contributed by atoms with E-state index in [9.17, 15) is 14.0 Å². The Kier molecular flexibility index (Phi) is 5.11. The summed E-state index contributed by atoms with van der Waals surface area (Å²) >= 11 is 3.05. The molecule has 0 radical (unpaired) electrons. The molecule has 0 atom stereocenters. The molecule has 136 valence electrons. The van der Waals surface area contributed by atoms with Crippen LogP contribution in [-0.4, -0.2) is 39.1 Å². The van der Waals surface area contributed by atoms with Gasteiger partial charge >= 0.3 is 5.76 Å². The lowest BCUT2D eigenvalue weighted by molar-refractivity contribution is -0.119. The van der Waals surface area contributed by atoms with Crippen LogP contribution >= 0.6 is 15.9 Å². The first-order chi connectivity index (χ1) is 12.5. The van der Waals surface area contributed by atoms with Crippen molar-refractivity contribution in [3.63, 3.8) is 0 Å². The van der Waals surface area contributed by atoms with Crippen LogP contribution in [-0.2, 0) is 4.79 Å². The maximum Gasteiger partial charge on any atom is 0.446 e. The molecule has 1 amide bonds. The molecule has 0 bridgehead atoms. The summed E-state index contributed by atoms with van der Waals surface area (Å²) in [4.78, 5) is 22.9. The fourth-order valence-corrected chi connectivity index (χ4v) is 2.40. The lowest BCUT2D eigenvalue weighted by Gasteiger charge is -2.06. The zero-order valence-corrected chi connectivity index (χ0v) is 14.8. The second kappa shape index (κ2) is 7.47. The number of carbonyl (C=O) groups excluding carboxylic acids is 1. The minimum Gasteiger partial charge on any atom is -0.472 e. The predicted octanol–water partition coefficient (Wildman–Crippen LogP) is 1.29. The Morgan fingerprint density at radius 1 is 1.38 bits per heavy atom. The number of nitrogens with zero attached hydrogens (tertiary/aromatic N) is 4. The normalized spacial score (nSPS) is 10.7. The molecule has 0 unspecified atom stereocenters. The van der Waals surface area contributed by atoms with Crippen molar-refractivity contribution >= 4 is 21.8 Å². The van der Waals surface area contributed by atoms with Gasteiger partial charge in [0.1, 0.15) is 12.4 Å². The van der Waals surface area contributed by atoms with Crippen molar-refractivity contribution < 1.29 is 23.1 Å². The van der Waals surface area contributed by atoms with Gasteiger partial charge in [0.05, 0.1) is 16.7 Å². The molecule has 2 heterocycles. The van der Waals surface area contributed by atoms with Gasteiger partial charge in [0.2, 0.25) is 17.4 Å². The number of ether oxygens (including phenoxy) is 1. The van der Waals surface area contributed by atoms with E-state index in [-0.39, 0.29) is 46.6 Å². The molecular weight excluding hydrogens is 417 g/mol. The van der Waals surface area contributed by atoms with Crippen LogP contribution in [0, 0.1) is 5.82 Å². The molecule has 2 aromatic heterocycles. The SMILES string of the molecule is CC(=O)NCCOc1nonc1-c1noc(=O)n1-c1ccc(F)c(Br)c1. The van der Waals surface area contributed by atoms with Crippen LogP contribution in [0.1, 0.15) is 6.92 Å². The van der Waals surface area contributed by atoms with Gasteiger partial charge in [-0.05, 0) is 44.4 Å². The molecule has 0 fully saturated rings. The summed E-state index contributed by atoms with van der Waals surface area (Å²) in [7, 11) is 0. The quantitative estimate of drug-likeness (QED) is 0.583. The Labute approximate surface area is 153 Å². The summed E-state index contributed by atoms with van der Waals surface area (Å²) in [5.74, 6) is -1.60. The van der Waals surface area contributed by atoms with Crippen LogP contribution in [0.3, 0.4) is 0 Å². The van der Waals surface area contributed by atoms with Gasteiger partial charge in [0, 0.05) is 6.92 Å². The molecule has 12 heteroatoms. The Bertz CT molecular complexity index is 998. The summed E-state index contributed by atoms with van der Waals surface area (Å²) < 4.78 is 29.4. The average Bonchev–Trinajstić information content (AvgIpc) is 3.20. The standard InChI is InChI=1S/C14H11BrFN5O5/c1-7(22)17-4-5-24-13-11(18-26-20-13)12-19-25-14(23)21(12)8-2-3-10(16)9(15)6-8/h2-3,6H,4-5H2,1H3,(H,17,22). The molecule has 3 aromatic rings. The summed E-state index contributed by atoms with van der Waals surface area (Å²) in [5, 5.41) is 13.5. The highest BCUT2D eigenvalue weighted by Crippen LogP contribution is 2.27. The summed E-state index contributed by atoms with van der Waals surface area (Å²) in [5.41, 5.74) is 0.297. The average molecular weight is 428 g/mol. The van der Waals surface area contributed by atoms with Crippen LogP contribution in [0.15, 0.2) is 36.6 Å². The Morgan fingerprint density at radius 3 is 2.92 bits per heavy atom. The van der Waals surface area contributed by atoms with Crippen LogP contribution in [0.2, 0.25) is 0 Å². The lowest BCUT2D eigenvalue weighted by Crippen LogP contribution is -2.25. The third kappa shape index (κ3) is 3.64. The molecule has 0 saturated carbocycles. The fourth-order valence-electron chi connectivity index (χ4n) is 2.04. The van der Waals surface area contributed by atoms with Crippen molar-refractivity contribution in [1.82, 2.24) is 25.4 Å². The molecule has 0 aliphatic heterocycles. The molecular formula is C14H11BrFN5O5. The number of aromatic nitrogens is 4. The number of nitrogens with one attached hydrogen (secondary N) is 1. The molecule has 0 aliphatic rings. The molecule has 1 aromatic carbocycles. The highest BCUT2D eigenvalue weighted by Gasteiger charge is 2.24. The first kappa shape index (κ1) is 17.8. The van der Waals surface area contributed by atoms with Crippen molar-refractivity contribution in [2.24, 2.45) is 0 Å². The van der Waals surface area contributed by atoms with E-state index in [0.29, 0.717) is 0 Å². The third-order valence-corrected chi connectivity index (χ3v) is 3.76. The molecule has 0 aliphatic carbocycles. The molecule has 1 N–H and O–H groups in total. The van der Waals surface area contributed by atoms with E-state index >= 15 is 0 Å². The Morgan fingerprint density at radius 2 is 2.19 bits per heavy atom. The minimum atomic E-state index is -0.814. The lowest BCUT2D eigenvalue weighted by atomic mass is 10.3. The van der Waals surface area contributed by atoms with Gasteiger partial charge in [0.15, 0.2) is 0 Å². The molecule has 10 nitrogen and oxygen atoms in total. The molecule has 3 rings (SSSR count). The summed E-state index contributed by atoms with van der Waals surface area (Å²) in [6.45, 7) is 1.70. The van der Waals surface area contributed by atoms with Gasteiger partial charge in [0.25, 0.3) is 5.88 Å². The second-order valence-electron chi connectivity index (χ2n) is 4.96. The van der Waals surface area contributed by atoms with E-state index in [4.69, 9.17) is 4.74 Å². The Balaban J connectivity index is 1.92. The first-order valence-corrected chi connectivity index (χ1v) is 8.01. The largest absolute Gasteiger partial charge is 0.472 e. The summed E-state index contributed by atoms with van der Waals surface area (Å²) in [6.07, 6.45) is 0. The highest BCUT2D eigenvalue weighted by molar-refractivity contribution is 9.10. The summed E-state index contributed by atoms with van der Waals surface area (Å²) in [6, 6.07) is 3.92.